The minimum absolute atomic E-state index is 0.134. The number of rotatable bonds is 4. The fourth-order valence-corrected chi connectivity index (χ4v) is 2.15. The number of hydrogen-bond acceptors (Lipinski definition) is 3. The van der Waals surface area contributed by atoms with Crippen molar-refractivity contribution in [1.82, 2.24) is 9.88 Å². The molecule has 0 spiro atoms. The molecule has 94 valence electrons. The highest BCUT2D eigenvalue weighted by Crippen LogP contribution is 2.21. The molecular weight excluding hydrogens is 230 g/mol. The van der Waals surface area contributed by atoms with Crippen LogP contribution < -0.4 is 5.32 Å². The number of nitrogens with zero attached hydrogens (tertiary/aromatic N) is 2. The van der Waals surface area contributed by atoms with Gasteiger partial charge in [0, 0.05) is 30.9 Å². The summed E-state index contributed by atoms with van der Waals surface area (Å²) in [4.78, 5) is 23.2. The summed E-state index contributed by atoms with van der Waals surface area (Å²) in [5, 5.41) is 11.0. The van der Waals surface area contributed by atoms with E-state index >= 15 is 0 Å². The first kappa shape index (κ1) is 12.4. The molecule has 5 nitrogen and oxygen atoms in total. The molecule has 0 bridgehead atoms. The van der Waals surface area contributed by atoms with Crippen LogP contribution >= 0.6 is 0 Å². The van der Waals surface area contributed by atoms with Crippen LogP contribution in [0.2, 0.25) is 0 Å². The molecule has 1 aliphatic carbocycles. The molecule has 0 saturated heterocycles. The van der Waals surface area contributed by atoms with Crippen molar-refractivity contribution in [1.29, 1.82) is 5.26 Å². The Balaban J connectivity index is 1.96. The van der Waals surface area contributed by atoms with Crippen LogP contribution in [0.4, 0.5) is 0 Å². The summed E-state index contributed by atoms with van der Waals surface area (Å²) in [7, 11) is 0. The Morgan fingerprint density at radius 1 is 1.44 bits per heavy atom. The standard InChI is InChI=1S/C13H15N3O2/c14-5-2-6-15-13(18)9-16-7-10-3-1-4-12(17)11(10)8-16/h7-8H,1-4,6,9H2,(H,15,18). The number of carbonyl (C=O) groups excluding carboxylic acids is 2. The van der Waals surface area contributed by atoms with Gasteiger partial charge in [0.2, 0.25) is 5.91 Å². The summed E-state index contributed by atoms with van der Waals surface area (Å²) in [6.07, 6.45) is 6.34. The van der Waals surface area contributed by atoms with Gasteiger partial charge in [0.15, 0.2) is 5.78 Å². The lowest BCUT2D eigenvalue weighted by molar-refractivity contribution is -0.121. The number of nitriles is 1. The number of hydrogen-bond donors (Lipinski definition) is 1. The van der Waals surface area contributed by atoms with E-state index in [1.807, 2.05) is 12.3 Å². The molecule has 1 aliphatic rings. The van der Waals surface area contributed by atoms with Gasteiger partial charge in [0.05, 0.1) is 12.5 Å². The van der Waals surface area contributed by atoms with Gasteiger partial charge >= 0.3 is 0 Å². The van der Waals surface area contributed by atoms with E-state index in [1.165, 1.54) is 0 Å². The van der Waals surface area contributed by atoms with Crippen molar-refractivity contribution < 1.29 is 9.59 Å². The second-order valence-electron chi connectivity index (χ2n) is 4.40. The van der Waals surface area contributed by atoms with Crippen LogP contribution in [0.1, 0.15) is 35.2 Å². The highest BCUT2D eigenvalue weighted by atomic mass is 16.2. The summed E-state index contributed by atoms with van der Waals surface area (Å²) in [6, 6.07) is 1.97. The summed E-state index contributed by atoms with van der Waals surface area (Å²) in [5.41, 5.74) is 1.79. The molecule has 0 aromatic carbocycles. The van der Waals surface area contributed by atoms with Gasteiger partial charge in [-0.05, 0) is 18.4 Å². The molecule has 0 radical (unpaired) electrons. The molecule has 0 atom stereocenters. The van der Waals surface area contributed by atoms with Crippen molar-refractivity contribution in [2.45, 2.75) is 32.2 Å². The number of amides is 1. The van der Waals surface area contributed by atoms with Gasteiger partial charge in [-0.25, -0.2) is 0 Å². The van der Waals surface area contributed by atoms with E-state index in [0.717, 1.165) is 24.0 Å². The number of Topliss-reactive ketones (excluding diaryl/α,β-unsaturated/α-hetero) is 1. The van der Waals surface area contributed by atoms with E-state index < -0.39 is 0 Å². The first-order valence-electron chi connectivity index (χ1n) is 6.06. The van der Waals surface area contributed by atoms with Crippen LogP contribution in [-0.2, 0) is 17.8 Å². The largest absolute Gasteiger partial charge is 0.354 e. The van der Waals surface area contributed by atoms with Crippen LogP contribution in [0.3, 0.4) is 0 Å². The van der Waals surface area contributed by atoms with E-state index in [1.54, 1.807) is 10.8 Å². The monoisotopic (exact) mass is 245 g/mol. The van der Waals surface area contributed by atoms with Gasteiger partial charge in [-0.3, -0.25) is 9.59 Å². The fourth-order valence-electron chi connectivity index (χ4n) is 2.15. The number of aromatic nitrogens is 1. The molecule has 5 heteroatoms. The Morgan fingerprint density at radius 2 is 2.28 bits per heavy atom. The van der Waals surface area contributed by atoms with E-state index in [2.05, 4.69) is 5.32 Å². The summed E-state index contributed by atoms with van der Waals surface area (Å²) in [6.45, 7) is 0.570. The van der Waals surface area contributed by atoms with Crippen LogP contribution in [-0.4, -0.2) is 22.8 Å². The number of fused-ring (bicyclic) bond motifs is 1. The zero-order valence-electron chi connectivity index (χ0n) is 10.1. The minimum atomic E-state index is -0.134. The minimum Gasteiger partial charge on any atom is -0.354 e. The van der Waals surface area contributed by atoms with E-state index in [4.69, 9.17) is 5.26 Å². The quantitative estimate of drug-likeness (QED) is 0.805. The zero-order valence-corrected chi connectivity index (χ0v) is 10.1. The Morgan fingerprint density at radius 3 is 3.00 bits per heavy atom. The van der Waals surface area contributed by atoms with Gasteiger partial charge < -0.3 is 9.88 Å². The maximum Gasteiger partial charge on any atom is 0.239 e. The highest BCUT2D eigenvalue weighted by molar-refractivity contribution is 5.98. The molecule has 1 aromatic heterocycles. The number of aryl methyl sites for hydroxylation is 1. The van der Waals surface area contributed by atoms with E-state index in [0.29, 0.717) is 19.4 Å². The highest BCUT2D eigenvalue weighted by Gasteiger charge is 2.19. The Bertz CT molecular complexity index is 511. The molecule has 18 heavy (non-hydrogen) atoms. The van der Waals surface area contributed by atoms with Crippen molar-refractivity contribution >= 4 is 11.7 Å². The summed E-state index contributed by atoms with van der Waals surface area (Å²) in [5.74, 6) is 0.0323. The van der Waals surface area contributed by atoms with Gasteiger partial charge in [-0.1, -0.05) is 0 Å². The lowest BCUT2D eigenvalue weighted by atomic mass is 9.95. The summed E-state index contributed by atoms with van der Waals surface area (Å²) < 4.78 is 1.75. The smallest absolute Gasteiger partial charge is 0.239 e. The molecular formula is C13H15N3O2. The maximum absolute atomic E-state index is 11.6. The molecule has 1 heterocycles. The average molecular weight is 245 g/mol. The maximum atomic E-state index is 11.6. The molecule has 0 aliphatic heterocycles. The van der Waals surface area contributed by atoms with Gasteiger partial charge in [0.1, 0.15) is 6.54 Å². The first-order chi connectivity index (χ1) is 8.70. The molecule has 2 rings (SSSR count). The van der Waals surface area contributed by atoms with Gasteiger partial charge in [0.25, 0.3) is 0 Å². The molecule has 1 amide bonds. The number of ketones is 1. The Labute approximate surface area is 105 Å². The third-order valence-electron chi connectivity index (χ3n) is 3.00. The van der Waals surface area contributed by atoms with Crippen LogP contribution in [0.25, 0.3) is 0 Å². The fraction of sp³-hybridized carbons (Fsp3) is 0.462. The van der Waals surface area contributed by atoms with Crippen molar-refractivity contribution in [2.75, 3.05) is 6.54 Å². The Hall–Kier alpha value is -2.09. The van der Waals surface area contributed by atoms with Gasteiger partial charge in [-0.2, -0.15) is 5.26 Å². The average Bonchev–Trinajstić information content (AvgIpc) is 2.73. The van der Waals surface area contributed by atoms with Crippen LogP contribution in [0.5, 0.6) is 0 Å². The summed E-state index contributed by atoms with van der Waals surface area (Å²) >= 11 is 0. The normalized spacial score (nSPS) is 13.8. The number of nitrogens with one attached hydrogen (secondary N) is 1. The van der Waals surface area contributed by atoms with Crippen molar-refractivity contribution in [3.63, 3.8) is 0 Å². The second-order valence-corrected chi connectivity index (χ2v) is 4.40. The lowest BCUT2D eigenvalue weighted by Gasteiger charge is -2.07. The van der Waals surface area contributed by atoms with Crippen molar-refractivity contribution in [3.8, 4) is 6.07 Å². The van der Waals surface area contributed by atoms with Crippen molar-refractivity contribution in [3.05, 3.63) is 23.5 Å². The second kappa shape index (κ2) is 5.50. The SMILES string of the molecule is N#CCCNC(=O)Cn1cc2c(c1)C(=O)CCC2. The number of carbonyl (C=O) groups is 2. The molecule has 1 aromatic rings. The molecule has 0 fully saturated rings. The van der Waals surface area contributed by atoms with Crippen LogP contribution in [0.15, 0.2) is 12.4 Å². The topological polar surface area (TPSA) is 74.9 Å². The predicted octanol–water partition coefficient (Wildman–Crippen LogP) is 1.04. The van der Waals surface area contributed by atoms with E-state index in [9.17, 15) is 9.59 Å². The molecule has 1 N–H and O–H groups in total. The Kier molecular flexibility index (Phi) is 3.78. The lowest BCUT2D eigenvalue weighted by Crippen LogP contribution is -2.27. The first-order valence-corrected chi connectivity index (χ1v) is 6.06. The zero-order chi connectivity index (χ0) is 13.0. The third-order valence-corrected chi connectivity index (χ3v) is 3.00. The predicted molar refractivity (Wildman–Crippen MR) is 64.9 cm³/mol. The van der Waals surface area contributed by atoms with E-state index in [-0.39, 0.29) is 18.2 Å². The molecule has 0 unspecified atom stereocenters. The molecule has 0 saturated carbocycles. The van der Waals surface area contributed by atoms with Crippen molar-refractivity contribution in [2.24, 2.45) is 0 Å². The third kappa shape index (κ3) is 2.77. The van der Waals surface area contributed by atoms with Gasteiger partial charge in [-0.15, -0.1) is 0 Å². The van der Waals surface area contributed by atoms with Crippen LogP contribution in [0, 0.1) is 11.3 Å².